The van der Waals surface area contributed by atoms with Crippen molar-refractivity contribution in [2.75, 3.05) is 7.11 Å². The molecule has 0 aliphatic carbocycles. The Morgan fingerprint density at radius 2 is 1.19 bits per heavy atom. The zero-order valence-electron chi connectivity index (χ0n) is 17.3. The minimum Gasteiger partial charge on any atom is -0.508 e. The fraction of sp³-hybridized carbons (Fsp3) is 0.0741. The Morgan fingerprint density at radius 3 is 1.61 bits per heavy atom. The van der Waals surface area contributed by atoms with Crippen molar-refractivity contribution in [3.63, 3.8) is 0 Å². The molecule has 3 nitrogen and oxygen atoms in total. The molecule has 0 bridgehead atoms. The van der Waals surface area contributed by atoms with Crippen molar-refractivity contribution < 1.29 is 14.6 Å². The average Bonchev–Trinajstić information content (AvgIpc) is 2.85. The van der Waals surface area contributed by atoms with E-state index in [-0.39, 0.29) is 5.75 Å². The number of aromatic hydroxyl groups is 1. The van der Waals surface area contributed by atoms with Gasteiger partial charge in [-0.05, 0) is 54.6 Å². The molecule has 1 N–H and O–H groups in total. The first-order valence-corrected chi connectivity index (χ1v) is 12.1. The summed E-state index contributed by atoms with van der Waals surface area (Å²) in [5, 5.41) is 14.4. The second-order valence-corrected chi connectivity index (χ2v) is 10.8. The summed E-state index contributed by atoms with van der Waals surface area (Å²) in [6.07, 6.45) is 0.585. The van der Waals surface area contributed by atoms with Crippen LogP contribution in [0.15, 0.2) is 109 Å². The standard InChI is InChI=1S/C27H23O3P/c1-30-27(29)21-17-18-26(28)22(19-21)20-31(23-11-5-2-6-12-23,24-13-7-3-8-14-24)25-15-9-4-10-16-25/h2-19H,20H2,1H3/p+1. The molecule has 4 aromatic carbocycles. The Hall–Kier alpha value is -3.42. The van der Waals surface area contributed by atoms with Gasteiger partial charge in [0.15, 0.2) is 0 Å². The van der Waals surface area contributed by atoms with Crippen LogP contribution in [0.5, 0.6) is 5.75 Å². The summed E-state index contributed by atoms with van der Waals surface area (Å²) in [5.74, 6) is -0.232. The minimum atomic E-state index is -2.17. The topological polar surface area (TPSA) is 46.5 Å². The summed E-state index contributed by atoms with van der Waals surface area (Å²) in [4.78, 5) is 12.2. The zero-order valence-corrected chi connectivity index (χ0v) is 18.2. The van der Waals surface area contributed by atoms with Gasteiger partial charge < -0.3 is 9.84 Å². The molecule has 4 rings (SSSR count). The molecular formula is C27H24O3P+. The highest BCUT2D eigenvalue weighted by Gasteiger charge is 2.46. The van der Waals surface area contributed by atoms with Crippen LogP contribution in [0, 0.1) is 0 Å². The molecule has 0 radical (unpaired) electrons. The van der Waals surface area contributed by atoms with Crippen LogP contribution in [-0.2, 0) is 10.9 Å². The third-order valence-electron chi connectivity index (χ3n) is 5.50. The molecule has 0 aromatic heterocycles. The molecule has 0 heterocycles. The van der Waals surface area contributed by atoms with Gasteiger partial charge >= 0.3 is 5.97 Å². The van der Waals surface area contributed by atoms with Crippen molar-refractivity contribution in [3.05, 3.63) is 120 Å². The SMILES string of the molecule is COC(=O)c1ccc(O)c(C[P+](c2ccccc2)(c2ccccc2)c2ccccc2)c1. The predicted molar refractivity (Wildman–Crippen MR) is 128 cm³/mol. The van der Waals surface area contributed by atoms with E-state index in [4.69, 9.17) is 4.74 Å². The summed E-state index contributed by atoms with van der Waals surface area (Å²) in [6.45, 7) is 0. The van der Waals surface area contributed by atoms with Crippen LogP contribution in [-0.4, -0.2) is 18.2 Å². The molecule has 0 atom stereocenters. The van der Waals surface area contributed by atoms with Crippen molar-refractivity contribution in [1.29, 1.82) is 0 Å². The number of methoxy groups -OCH3 is 1. The maximum Gasteiger partial charge on any atom is 0.337 e. The van der Waals surface area contributed by atoms with Crippen LogP contribution in [0.25, 0.3) is 0 Å². The second-order valence-electron chi connectivity index (χ2n) is 7.31. The van der Waals surface area contributed by atoms with Gasteiger partial charge in [0.25, 0.3) is 0 Å². The van der Waals surface area contributed by atoms with Gasteiger partial charge in [0.1, 0.15) is 35.1 Å². The molecule has 0 saturated carbocycles. The van der Waals surface area contributed by atoms with Gasteiger partial charge in [-0.1, -0.05) is 54.6 Å². The van der Waals surface area contributed by atoms with Gasteiger partial charge in [0.2, 0.25) is 0 Å². The van der Waals surface area contributed by atoms with E-state index in [0.717, 1.165) is 5.56 Å². The maximum absolute atomic E-state index is 12.2. The molecule has 0 unspecified atom stereocenters. The number of rotatable bonds is 6. The van der Waals surface area contributed by atoms with E-state index in [1.165, 1.54) is 23.0 Å². The lowest BCUT2D eigenvalue weighted by molar-refractivity contribution is 0.0600. The van der Waals surface area contributed by atoms with Crippen LogP contribution in [0.2, 0.25) is 0 Å². The first kappa shape index (κ1) is 20.8. The quantitative estimate of drug-likeness (QED) is 0.359. The van der Waals surface area contributed by atoms with Crippen molar-refractivity contribution >= 4 is 29.1 Å². The van der Waals surface area contributed by atoms with E-state index in [0.29, 0.717) is 11.7 Å². The second kappa shape index (κ2) is 9.16. The highest BCUT2D eigenvalue weighted by molar-refractivity contribution is 7.95. The number of carbonyl (C=O) groups excluding carboxylic acids is 1. The molecule has 4 heteroatoms. The van der Waals surface area contributed by atoms with Crippen LogP contribution >= 0.6 is 7.26 Å². The molecule has 0 aliphatic rings. The van der Waals surface area contributed by atoms with Crippen molar-refractivity contribution in [2.24, 2.45) is 0 Å². The van der Waals surface area contributed by atoms with Crippen molar-refractivity contribution in [3.8, 4) is 5.75 Å². The maximum atomic E-state index is 12.2. The number of hydrogen-bond donors (Lipinski definition) is 1. The molecular weight excluding hydrogens is 403 g/mol. The normalized spacial score (nSPS) is 11.1. The Morgan fingerprint density at radius 1 is 0.742 bits per heavy atom. The van der Waals surface area contributed by atoms with Gasteiger partial charge in [0, 0.05) is 5.56 Å². The molecule has 31 heavy (non-hydrogen) atoms. The number of hydrogen-bond acceptors (Lipinski definition) is 3. The zero-order chi connectivity index (χ0) is 21.7. The number of phenols is 1. The van der Waals surface area contributed by atoms with E-state index >= 15 is 0 Å². The highest BCUT2D eigenvalue weighted by atomic mass is 31.2. The molecule has 0 aliphatic heterocycles. The van der Waals surface area contributed by atoms with E-state index in [1.807, 2.05) is 18.2 Å². The van der Waals surface area contributed by atoms with Gasteiger partial charge in [-0.2, -0.15) is 0 Å². The number of esters is 1. The summed E-state index contributed by atoms with van der Waals surface area (Å²) in [6, 6.07) is 36.3. The Balaban J connectivity index is 1.99. The first-order valence-electron chi connectivity index (χ1n) is 10.1. The van der Waals surface area contributed by atoms with Crippen molar-refractivity contribution in [1.82, 2.24) is 0 Å². The van der Waals surface area contributed by atoms with Gasteiger partial charge in [0.05, 0.1) is 12.7 Å². The summed E-state index contributed by atoms with van der Waals surface area (Å²) in [7, 11) is -0.808. The minimum absolute atomic E-state index is 0.180. The lowest BCUT2D eigenvalue weighted by Gasteiger charge is -2.28. The lowest BCUT2D eigenvalue weighted by atomic mass is 10.1. The number of benzene rings is 4. The number of carbonyl (C=O) groups is 1. The van der Waals surface area contributed by atoms with Crippen LogP contribution in [0.4, 0.5) is 0 Å². The van der Waals surface area contributed by atoms with Gasteiger partial charge in [-0.25, -0.2) is 4.79 Å². The predicted octanol–water partition coefficient (Wildman–Crippen LogP) is 4.67. The van der Waals surface area contributed by atoms with Gasteiger partial charge in [-0.3, -0.25) is 0 Å². The largest absolute Gasteiger partial charge is 0.508 e. The molecule has 154 valence electrons. The smallest absolute Gasteiger partial charge is 0.337 e. The van der Waals surface area contributed by atoms with Crippen LogP contribution in [0.1, 0.15) is 15.9 Å². The van der Waals surface area contributed by atoms with Crippen molar-refractivity contribution in [2.45, 2.75) is 6.16 Å². The fourth-order valence-electron chi connectivity index (χ4n) is 3.98. The lowest BCUT2D eigenvalue weighted by Crippen LogP contribution is -2.32. The average molecular weight is 427 g/mol. The van der Waals surface area contributed by atoms with E-state index in [1.54, 1.807) is 18.2 Å². The van der Waals surface area contributed by atoms with Gasteiger partial charge in [-0.15, -0.1) is 0 Å². The Bertz CT molecular complexity index is 1060. The van der Waals surface area contributed by atoms with E-state index in [9.17, 15) is 9.90 Å². The molecule has 0 fully saturated rings. The summed E-state index contributed by atoms with van der Waals surface area (Å²) in [5.41, 5.74) is 1.16. The van der Waals surface area contributed by atoms with E-state index < -0.39 is 13.2 Å². The Labute approximate surface area is 183 Å². The van der Waals surface area contributed by atoms with E-state index in [2.05, 4.69) is 72.8 Å². The third kappa shape index (κ3) is 4.10. The molecule has 4 aromatic rings. The number of ether oxygens (including phenoxy) is 1. The fourth-order valence-corrected chi connectivity index (χ4v) is 8.23. The first-order chi connectivity index (χ1) is 15.1. The Kier molecular flexibility index (Phi) is 6.16. The molecule has 0 amide bonds. The highest BCUT2D eigenvalue weighted by Crippen LogP contribution is 2.58. The summed E-state index contributed by atoms with van der Waals surface area (Å²) >= 11 is 0. The molecule has 0 saturated heterocycles. The van der Waals surface area contributed by atoms with Crippen LogP contribution in [0.3, 0.4) is 0 Å². The van der Waals surface area contributed by atoms with Crippen LogP contribution < -0.4 is 15.9 Å². The molecule has 0 spiro atoms. The number of phenolic OH excluding ortho intramolecular Hbond substituents is 1. The monoisotopic (exact) mass is 427 g/mol. The third-order valence-corrected chi connectivity index (χ3v) is 9.85. The summed E-state index contributed by atoms with van der Waals surface area (Å²) < 4.78 is 4.90.